The summed E-state index contributed by atoms with van der Waals surface area (Å²) < 4.78 is 8.64. The van der Waals surface area contributed by atoms with Gasteiger partial charge in [-0.1, -0.05) is 13.8 Å². The number of nitrogens with one attached hydrogen (secondary N) is 2. The van der Waals surface area contributed by atoms with Crippen LogP contribution in [-0.2, 0) is 13.0 Å². The van der Waals surface area contributed by atoms with Gasteiger partial charge in [0.05, 0.1) is 23.0 Å². The van der Waals surface area contributed by atoms with Crippen molar-refractivity contribution < 1.29 is 4.74 Å². The van der Waals surface area contributed by atoms with E-state index in [9.17, 15) is 0 Å². The summed E-state index contributed by atoms with van der Waals surface area (Å²) in [5.41, 5.74) is 9.03. The standard InChI is InChI=1S/C24H24N6OS/c1-13(2)21-22(16-7-19(31-3)24-27-12-28-30(24)11-16)29-18-8-20(32-23(18)21)15-6-14-9-25-5-4-17(14)26-10-15/h6-8,10-13,25,29H,4-5,9H2,1-3H3. The summed E-state index contributed by atoms with van der Waals surface area (Å²) in [7, 11) is 1.67. The molecule has 0 atom stereocenters. The Hall–Kier alpha value is -3.23. The lowest BCUT2D eigenvalue weighted by atomic mass is 10.00. The summed E-state index contributed by atoms with van der Waals surface area (Å²) in [6.45, 7) is 6.38. The van der Waals surface area contributed by atoms with E-state index in [1.807, 2.05) is 29.8 Å². The molecule has 1 aliphatic rings. The first-order chi connectivity index (χ1) is 15.6. The normalized spacial score (nSPS) is 13.9. The molecule has 0 unspecified atom stereocenters. The lowest BCUT2D eigenvalue weighted by molar-refractivity contribution is 0.416. The monoisotopic (exact) mass is 444 g/mol. The van der Waals surface area contributed by atoms with Crippen LogP contribution in [0.4, 0.5) is 0 Å². The second-order valence-corrected chi connectivity index (χ2v) is 9.56. The molecule has 0 radical (unpaired) electrons. The lowest BCUT2D eigenvalue weighted by Gasteiger charge is -2.16. The van der Waals surface area contributed by atoms with Crippen molar-refractivity contribution >= 4 is 27.2 Å². The van der Waals surface area contributed by atoms with Gasteiger partial charge >= 0.3 is 0 Å². The Morgan fingerprint density at radius 1 is 1.16 bits per heavy atom. The summed E-state index contributed by atoms with van der Waals surface area (Å²) in [6.07, 6.45) is 6.58. The molecule has 162 valence electrons. The first-order valence-electron chi connectivity index (χ1n) is 10.8. The second-order valence-electron chi connectivity index (χ2n) is 8.50. The van der Waals surface area contributed by atoms with Crippen LogP contribution in [0.5, 0.6) is 5.75 Å². The highest BCUT2D eigenvalue weighted by molar-refractivity contribution is 7.22. The molecular weight excluding hydrogens is 420 g/mol. The molecule has 0 amide bonds. The van der Waals surface area contributed by atoms with Gasteiger partial charge in [-0.3, -0.25) is 4.98 Å². The minimum Gasteiger partial charge on any atom is -0.493 e. The summed E-state index contributed by atoms with van der Waals surface area (Å²) in [4.78, 5) is 14.0. The van der Waals surface area contributed by atoms with Gasteiger partial charge in [-0.25, -0.2) is 9.50 Å². The van der Waals surface area contributed by atoms with Gasteiger partial charge in [0.25, 0.3) is 0 Å². The number of pyridine rings is 2. The highest BCUT2D eigenvalue weighted by atomic mass is 32.1. The fourth-order valence-electron chi connectivity index (χ4n) is 4.58. The molecule has 2 N–H and O–H groups in total. The minimum atomic E-state index is 0.355. The van der Waals surface area contributed by atoms with E-state index in [-0.39, 0.29) is 0 Å². The van der Waals surface area contributed by atoms with E-state index in [2.05, 4.69) is 46.4 Å². The predicted octanol–water partition coefficient (Wildman–Crippen LogP) is 4.78. The van der Waals surface area contributed by atoms with E-state index in [0.717, 1.165) is 36.3 Å². The van der Waals surface area contributed by atoms with Crippen LogP contribution in [0.1, 0.15) is 36.6 Å². The molecule has 0 bridgehead atoms. The second kappa shape index (κ2) is 7.43. The molecule has 0 spiro atoms. The highest BCUT2D eigenvalue weighted by Crippen LogP contribution is 2.43. The number of aromatic nitrogens is 5. The van der Waals surface area contributed by atoms with Crippen molar-refractivity contribution in [2.45, 2.75) is 32.7 Å². The molecule has 32 heavy (non-hydrogen) atoms. The van der Waals surface area contributed by atoms with E-state index in [0.29, 0.717) is 17.3 Å². The zero-order chi connectivity index (χ0) is 21.8. The lowest BCUT2D eigenvalue weighted by Crippen LogP contribution is -2.24. The minimum absolute atomic E-state index is 0.355. The molecule has 5 aromatic rings. The molecule has 7 nitrogen and oxygen atoms in total. The molecule has 5 aromatic heterocycles. The van der Waals surface area contributed by atoms with Crippen molar-refractivity contribution in [3.05, 3.63) is 53.7 Å². The third-order valence-electron chi connectivity index (χ3n) is 6.13. The Morgan fingerprint density at radius 2 is 2.06 bits per heavy atom. The maximum absolute atomic E-state index is 5.58. The Labute approximate surface area is 189 Å². The van der Waals surface area contributed by atoms with Crippen LogP contribution in [0.2, 0.25) is 0 Å². The maximum Gasteiger partial charge on any atom is 0.197 e. The van der Waals surface area contributed by atoms with Crippen molar-refractivity contribution in [3.8, 4) is 27.4 Å². The first-order valence-corrected chi connectivity index (χ1v) is 11.7. The Morgan fingerprint density at radius 3 is 2.91 bits per heavy atom. The molecule has 6 heterocycles. The Bertz CT molecular complexity index is 1460. The number of hydrogen-bond donors (Lipinski definition) is 2. The fraction of sp³-hybridized carbons (Fsp3) is 0.292. The SMILES string of the molecule is COc1cc(-c2[nH]c3cc(-c4cnc5c(c4)CNCC5)sc3c2C(C)C)cn2ncnc12. The van der Waals surface area contributed by atoms with Crippen LogP contribution >= 0.6 is 11.3 Å². The van der Waals surface area contributed by atoms with E-state index in [4.69, 9.17) is 9.72 Å². The molecular formula is C24H24N6OS. The molecule has 0 fully saturated rings. The van der Waals surface area contributed by atoms with Crippen molar-refractivity contribution in [1.82, 2.24) is 29.9 Å². The van der Waals surface area contributed by atoms with E-state index in [1.165, 1.54) is 32.0 Å². The average molecular weight is 445 g/mol. The number of ether oxygens (including phenoxy) is 1. The van der Waals surface area contributed by atoms with Crippen molar-refractivity contribution in [2.24, 2.45) is 0 Å². The molecule has 0 saturated heterocycles. The van der Waals surface area contributed by atoms with Crippen LogP contribution in [0.3, 0.4) is 0 Å². The smallest absolute Gasteiger partial charge is 0.197 e. The summed E-state index contributed by atoms with van der Waals surface area (Å²) in [5, 5.41) is 7.77. The number of aromatic amines is 1. The van der Waals surface area contributed by atoms with Crippen LogP contribution in [0.25, 0.3) is 37.6 Å². The Kier molecular flexibility index (Phi) is 4.51. The van der Waals surface area contributed by atoms with Gasteiger partial charge in [-0.05, 0) is 35.2 Å². The van der Waals surface area contributed by atoms with E-state index >= 15 is 0 Å². The Balaban J connectivity index is 1.49. The number of H-pyrrole nitrogens is 1. The number of rotatable bonds is 4. The first kappa shape index (κ1) is 19.5. The van der Waals surface area contributed by atoms with Crippen LogP contribution in [0, 0.1) is 0 Å². The van der Waals surface area contributed by atoms with Gasteiger partial charge in [-0.2, -0.15) is 5.10 Å². The largest absolute Gasteiger partial charge is 0.493 e. The fourth-order valence-corrected chi connectivity index (χ4v) is 5.88. The maximum atomic E-state index is 5.58. The van der Waals surface area contributed by atoms with Gasteiger partial charge in [0.15, 0.2) is 11.4 Å². The number of hydrogen-bond acceptors (Lipinski definition) is 6. The zero-order valence-electron chi connectivity index (χ0n) is 18.3. The van der Waals surface area contributed by atoms with E-state index < -0.39 is 0 Å². The quantitative estimate of drug-likeness (QED) is 0.417. The van der Waals surface area contributed by atoms with Crippen molar-refractivity contribution in [3.63, 3.8) is 0 Å². The topological polar surface area (TPSA) is 80.1 Å². The van der Waals surface area contributed by atoms with Crippen LogP contribution in [0.15, 0.2) is 36.9 Å². The number of thiophene rings is 1. The molecule has 6 rings (SSSR count). The zero-order valence-corrected chi connectivity index (χ0v) is 19.1. The molecule has 0 saturated carbocycles. The average Bonchev–Trinajstić information content (AvgIpc) is 3.51. The number of nitrogens with zero attached hydrogens (tertiary/aromatic N) is 4. The van der Waals surface area contributed by atoms with Crippen molar-refractivity contribution in [2.75, 3.05) is 13.7 Å². The van der Waals surface area contributed by atoms with Gasteiger partial charge in [0.1, 0.15) is 6.33 Å². The van der Waals surface area contributed by atoms with Crippen LogP contribution < -0.4 is 10.1 Å². The summed E-state index contributed by atoms with van der Waals surface area (Å²) in [6, 6.07) is 6.57. The third kappa shape index (κ3) is 3.02. The predicted molar refractivity (Wildman–Crippen MR) is 127 cm³/mol. The summed E-state index contributed by atoms with van der Waals surface area (Å²) in [5.74, 6) is 1.07. The van der Waals surface area contributed by atoms with Gasteiger partial charge in [-0.15, -0.1) is 11.3 Å². The van der Waals surface area contributed by atoms with Gasteiger partial charge < -0.3 is 15.0 Å². The molecule has 1 aliphatic heterocycles. The van der Waals surface area contributed by atoms with Crippen LogP contribution in [-0.4, -0.2) is 38.2 Å². The summed E-state index contributed by atoms with van der Waals surface area (Å²) >= 11 is 1.83. The molecule has 0 aromatic carbocycles. The van der Waals surface area contributed by atoms with Gasteiger partial charge in [0, 0.05) is 53.6 Å². The number of fused-ring (bicyclic) bond motifs is 3. The van der Waals surface area contributed by atoms with Crippen molar-refractivity contribution in [1.29, 1.82) is 0 Å². The highest BCUT2D eigenvalue weighted by Gasteiger charge is 2.21. The molecule has 0 aliphatic carbocycles. The third-order valence-corrected chi connectivity index (χ3v) is 7.35. The number of methoxy groups -OCH3 is 1. The molecule has 8 heteroatoms. The van der Waals surface area contributed by atoms with Gasteiger partial charge in [0.2, 0.25) is 0 Å². The van der Waals surface area contributed by atoms with E-state index in [1.54, 1.807) is 18.0 Å².